The van der Waals surface area contributed by atoms with Crippen molar-refractivity contribution in [2.45, 2.75) is 32.7 Å². The van der Waals surface area contributed by atoms with Gasteiger partial charge < -0.3 is 19.7 Å². The van der Waals surface area contributed by atoms with E-state index in [2.05, 4.69) is 12.2 Å². The van der Waals surface area contributed by atoms with E-state index in [0.29, 0.717) is 25.5 Å². The Kier molecular flexibility index (Phi) is 7.56. The quantitative estimate of drug-likeness (QED) is 0.632. The van der Waals surface area contributed by atoms with Crippen LogP contribution in [0.4, 0.5) is 5.69 Å². The molecule has 0 spiro atoms. The van der Waals surface area contributed by atoms with Gasteiger partial charge in [0.1, 0.15) is 0 Å². The number of para-hydroxylation sites is 1. The first-order valence-corrected chi connectivity index (χ1v) is 10.4. The average molecular weight is 395 g/mol. The van der Waals surface area contributed by atoms with Gasteiger partial charge in [-0.15, -0.1) is 0 Å². The zero-order chi connectivity index (χ0) is 20.5. The molecule has 1 aliphatic rings. The number of benzene rings is 2. The number of carbonyl (C=O) groups is 1. The Bertz CT molecular complexity index is 820. The minimum atomic E-state index is 0.0339. The Hall–Kier alpha value is -2.95. The molecule has 1 aliphatic heterocycles. The van der Waals surface area contributed by atoms with E-state index < -0.39 is 0 Å². The van der Waals surface area contributed by atoms with Crippen LogP contribution in [0.3, 0.4) is 0 Å². The van der Waals surface area contributed by atoms with E-state index in [1.165, 1.54) is 0 Å². The summed E-state index contributed by atoms with van der Waals surface area (Å²) >= 11 is 0. The highest BCUT2D eigenvalue weighted by Gasteiger charge is 2.24. The second-order valence-electron chi connectivity index (χ2n) is 7.10. The maximum atomic E-state index is 12.6. The van der Waals surface area contributed by atoms with Crippen LogP contribution in [0.1, 0.15) is 32.3 Å². The van der Waals surface area contributed by atoms with Crippen LogP contribution in [0.15, 0.2) is 54.6 Å². The van der Waals surface area contributed by atoms with Crippen LogP contribution < -0.4 is 14.8 Å². The largest absolute Gasteiger partial charge is 0.490 e. The molecule has 1 fully saturated rings. The van der Waals surface area contributed by atoms with E-state index in [4.69, 9.17) is 9.47 Å². The number of likely N-dealkylation sites (tertiary alicyclic amines) is 1. The first-order valence-electron chi connectivity index (χ1n) is 10.4. The van der Waals surface area contributed by atoms with Crippen molar-refractivity contribution in [3.8, 4) is 11.5 Å². The van der Waals surface area contributed by atoms with Crippen LogP contribution in [-0.4, -0.2) is 43.2 Å². The highest BCUT2D eigenvalue weighted by molar-refractivity contribution is 5.92. The smallest absolute Gasteiger partial charge is 0.246 e. The Morgan fingerprint density at radius 1 is 1.14 bits per heavy atom. The first-order chi connectivity index (χ1) is 14.2. The van der Waals surface area contributed by atoms with Crippen molar-refractivity contribution in [1.29, 1.82) is 0 Å². The fourth-order valence-corrected chi connectivity index (χ4v) is 3.35. The van der Waals surface area contributed by atoms with Gasteiger partial charge in [0.15, 0.2) is 11.5 Å². The number of amides is 1. The van der Waals surface area contributed by atoms with Crippen LogP contribution in [0, 0.1) is 0 Å². The Morgan fingerprint density at radius 3 is 2.72 bits per heavy atom. The van der Waals surface area contributed by atoms with Gasteiger partial charge in [-0.25, -0.2) is 0 Å². The molecular formula is C24H30N2O3. The standard InChI is InChI=1S/C24H30N2O3/c1-3-16-29-22-12-10-19(17-23(22)28-4-2)11-13-24(27)26-15-14-21(18-26)25-20-8-6-5-7-9-20/h5-13,17,21,25H,3-4,14-16,18H2,1-2H3/b13-11+. The van der Waals surface area contributed by atoms with Crippen LogP contribution in [0.5, 0.6) is 11.5 Å². The molecule has 0 aliphatic carbocycles. The Labute approximate surface area is 173 Å². The van der Waals surface area contributed by atoms with Crippen molar-refractivity contribution in [1.82, 2.24) is 4.90 Å². The minimum absolute atomic E-state index is 0.0339. The fraction of sp³-hybridized carbons (Fsp3) is 0.375. The number of hydrogen-bond acceptors (Lipinski definition) is 4. The maximum absolute atomic E-state index is 12.6. The van der Waals surface area contributed by atoms with E-state index in [9.17, 15) is 4.79 Å². The van der Waals surface area contributed by atoms with Crippen molar-refractivity contribution in [2.75, 3.05) is 31.6 Å². The molecule has 3 rings (SSSR count). The third-order valence-electron chi connectivity index (χ3n) is 4.79. The number of anilines is 1. The third-order valence-corrected chi connectivity index (χ3v) is 4.79. The predicted octanol–water partition coefficient (Wildman–Crippen LogP) is 4.60. The maximum Gasteiger partial charge on any atom is 0.246 e. The summed E-state index contributed by atoms with van der Waals surface area (Å²) in [6.07, 6.45) is 5.37. The highest BCUT2D eigenvalue weighted by atomic mass is 16.5. The van der Waals surface area contributed by atoms with Gasteiger partial charge in [-0.05, 0) is 55.7 Å². The van der Waals surface area contributed by atoms with Gasteiger partial charge >= 0.3 is 0 Å². The molecule has 29 heavy (non-hydrogen) atoms. The summed E-state index contributed by atoms with van der Waals surface area (Å²) in [4.78, 5) is 14.5. The lowest BCUT2D eigenvalue weighted by Crippen LogP contribution is -2.30. The number of rotatable bonds is 9. The summed E-state index contributed by atoms with van der Waals surface area (Å²) in [6, 6.07) is 16.2. The molecule has 0 aromatic heterocycles. The highest BCUT2D eigenvalue weighted by Crippen LogP contribution is 2.29. The lowest BCUT2D eigenvalue weighted by Gasteiger charge is -2.16. The number of hydrogen-bond donors (Lipinski definition) is 1. The molecule has 2 aromatic rings. The van der Waals surface area contributed by atoms with E-state index in [1.807, 2.05) is 66.4 Å². The lowest BCUT2D eigenvalue weighted by atomic mass is 10.2. The molecule has 154 valence electrons. The van der Waals surface area contributed by atoms with Crippen LogP contribution in [0.2, 0.25) is 0 Å². The number of nitrogens with one attached hydrogen (secondary N) is 1. The predicted molar refractivity (Wildman–Crippen MR) is 117 cm³/mol. The summed E-state index contributed by atoms with van der Waals surface area (Å²) in [7, 11) is 0. The molecule has 1 N–H and O–H groups in total. The molecule has 0 radical (unpaired) electrons. The number of nitrogens with zero attached hydrogens (tertiary/aromatic N) is 1. The van der Waals surface area contributed by atoms with Gasteiger partial charge in [0, 0.05) is 30.9 Å². The second-order valence-corrected chi connectivity index (χ2v) is 7.10. The lowest BCUT2D eigenvalue weighted by molar-refractivity contribution is -0.124. The molecule has 5 heteroatoms. The van der Waals surface area contributed by atoms with Crippen molar-refractivity contribution in [3.63, 3.8) is 0 Å². The second kappa shape index (κ2) is 10.6. The summed E-state index contributed by atoms with van der Waals surface area (Å²) < 4.78 is 11.4. The first kappa shape index (κ1) is 20.8. The monoisotopic (exact) mass is 394 g/mol. The van der Waals surface area contributed by atoms with Crippen molar-refractivity contribution in [2.24, 2.45) is 0 Å². The third kappa shape index (κ3) is 6.01. The van der Waals surface area contributed by atoms with E-state index in [0.717, 1.165) is 36.4 Å². The summed E-state index contributed by atoms with van der Waals surface area (Å²) in [5, 5.41) is 3.50. The molecule has 1 atom stereocenters. The SMILES string of the molecule is CCCOc1ccc(/C=C/C(=O)N2CCC(Nc3ccccc3)C2)cc1OCC. The van der Waals surface area contributed by atoms with E-state index >= 15 is 0 Å². The molecule has 1 amide bonds. The van der Waals surface area contributed by atoms with Gasteiger partial charge in [0.05, 0.1) is 13.2 Å². The molecule has 0 bridgehead atoms. The van der Waals surface area contributed by atoms with Crippen LogP contribution >= 0.6 is 0 Å². The molecule has 1 heterocycles. The van der Waals surface area contributed by atoms with Crippen molar-refractivity contribution in [3.05, 3.63) is 60.2 Å². The van der Waals surface area contributed by atoms with E-state index in [-0.39, 0.29) is 11.9 Å². The molecule has 1 saturated heterocycles. The van der Waals surface area contributed by atoms with Crippen molar-refractivity contribution < 1.29 is 14.3 Å². The van der Waals surface area contributed by atoms with Gasteiger partial charge in [-0.2, -0.15) is 0 Å². The normalized spacial score (nSPS) is 16.2. The summed E-state index contributed by atoms with van der Waals surface area (Å²) in [5.74, 6) is 1.49. The molecular weight excluding hydrogens is 364 g/mol. The van der Waals surface area contributed by atoms with Crippen molar-refractivity contribution >= 4 is 17.7 Å². The summed E-state index contributed by atoms with van der Waals surface area (Å²) in [5.41, 5.74) is 2.01. The summed E-state index contributed by atoms with van der Waals surface area (Å²) in [6.45, 7) is 6.72. The minimum Gasteiger partial charge on any atom is -0.490 e. The van der Waals surface area contributed by atoms with Gasteiger partial charge in [0.25, 0.3) is 0 Å². The van der Waals surface area contributed by atoms with Crippen LogP contribution in [0.25, 0.3) is 6.08 Å². The zero-order valence-electron chi connectivity index (χ0n) is 17.3. The zero-order valence-corrected chi connectivity index (χ0v) is 17.3. The topological polar surface area (TPSA) is 50.8 Å². The van der Waals surface area contributed by atoms with Gasteiger partial charge in [-0.3, -0.25) is 4.79 Å². The molecule has 1 unspecified atom stereocenters. The number of ether oxygens (including phenoxy) is 2. The Balaban J connectivity index is 1.58. The molecule has 0 saturated carbocycles. The molecule has 5 nitrogen and oxygen atoms in total. The van der Waals surface area contributed by atoms with Crippen LogP contribution in [-0.2, 0) is 4.79 Å². The molecule has 2 aromatic carbocycles. The van der Waals surface area contributed by atoms with Gasteiger partial charge in [-0.1, -0.05) is 31.2 Å². The fourth-order valence-electron chi connectivity index (χ4n) is 3.35. The Morgan fingerprint density at radius 2 is 1.97 bits per heavy atom. The number of carbonyl (C=O) groups excluding carboxylic acids is 1. The van der Waals surface area contributed by atoms with Gasteiger partial charge in [0.2, 0.25) is 5.91 Å². The van der Waals surface area contributed by atoms with E-state index in [1.54, 1.807) is 6.08 Å². The average Bonchev–Trinajstić information content (AvgIpc) is 3.21.